The molecule has 4 bridgehead atoms. The first-order chi connectivity index (χ1) is 15.9. The second-order valence-corrected chi connectivity index (χ2v) is 11.9. The molecule has 8 nitrogen and oxygen atoms in total. The number of thiazole rings is 1. The first-order valence-corrected chi connectivity index (χ1v) is 13.9. The smallest absolute Gasteiger partial charge is 0.236 e. The van der Waals surface area contributed by atoms with Crippen LogP contribution in [0.5, 0.6) is 0 Å². The van der Waals surface area contributed by atoms with Gasteiger partial charge in [-0.1, -0.05) is 29.5 Å². The van der Waals surface area contributed by atoms with Crippen molar-refractivity contribution in [2.75, 3.05) is 6.26 Å². The Bertz CT molecular complexity index is 1110. The van der Waals surface area contributed by atoms with Gasteiger partial charge < -0.3 is 10.2 Å². The van der Waals surface area contributed by atoms with Gasteiger partial charge in [-0.05, 0) is 58.1 Å². The maximum atomic E-state index is 13.9. The van der Waals surface area contributed by atoms with Crippen LogP contribution < -0.4 is 0 Å². The number of carbonyl (C=O) groups excluding carboxylic acids is 3. The van der Waals surface area contributed by atoms with E-state index < -0.39 is 50.3 Å². The summed E-state index contributed by atoms with van der Waals surface area (Å²) in [7, 11) is -2.05. The lowest BCUT2D eigenvalue weighted by Gasteiger charge is -2.39. The number of hydrogen-bond acceptors (Lipinski definition) is 9. The number of hydrogen-bond donors (Lipinski definition) is 2. The second-order valence-electron chi connectivity index (χ2n) is 8.57. The van der Waals surface area contributed by atoms with Crippen molar-refractivity contribution in [3.63, 3.8) is 0 Å². The molecule has 0 aliphatic carbocycles. The second kappa shape index (κ2) is 10.4. The van der Waals surface area contributed by atoms with Gasteiger partial charge in [0, 0.05) is 5.38 Å². The number of aliphatic hydroxyl groups excluding tert-OH is 1. The molecule has 34 heavy (non-hydrogen) atoms. The zero-order chi connectivity index (χ0) is 25.3. The molecule has 0 unspecified atom stereocenters. The highest BCUT2D eigenvalue weighted by molar-refractivity contribution is 8.13. The van der Waals surface area contributed by atoms with E-state index in [1.165, 1.54) is 47.0 Å². The van der Waals surface area contributed by atoms with E-state index in [4.69, 9.17) is 0 Å². The van der Waals surface area contributed by atoms with Gasteiger partial charge in [-0.25, -0.2) is 9.19 Å². The maximum Gasteiger partial charge on any atom is 0.236 e. The summed E-state index contributed by atoms with van der Waals surface area (Å²) in [6.07, 6.45) is 7.60. The van der Waals surface area contributed by atoms with Gasteiger partial charge in [0.2, 0.25) is 11.0 Å². The fourth-order valence-electron chi connectivity index (χ4n) is 4.08. The Morgan fingerprint density at radius 1 is 1.35 bits per heavy atom. The Morgan fingerprint density at radius 2 is 2.03 bits per heavy atom. The normalized spacial score (nSPS) is 33.5. The molecule has 0 saturated carbocycles. The maximum absolute atomic E-state index is 13.9. The molecule has 184 valence electrons. The molecule has 2 aliphatic heterocycles. The summed E-state index contributed by atoms with van der Waals surface area (Å²) in [6, 6.07) is -0.631. The molecule has 3 heterocycles. The van der Waals surface area contributed by atoms with E-state index in [2.05, 4.69) is 4.98 Å². The van der Waals surface area contributed by atoms with Gasteiger partial charge >= 0.3 is 0 Å². The van der Waals surface area contributed by atoms with Crippen LogP contribution in [-0.2, 0) is 25.4 Å². The predicted molar refractivity (Wildman–Crippen MR) is 134 cm³/mol. The summed E-state index contributed by atoms with van der Waals surface area (Å²) in [5, 5.41) is 23.4. The SMILES string of the molecule is CSC(=O)[C@](C)(O)[C@@]12CC/C(C)=C/[C@@H](O)C(=O)/C=C/C=C\c3csc(n3)[C@@H](C)N(C(=O)C1)[S@]2=O. The average Bonchev–Trinajstić information content (AvgIpc) is 3.36. The number of allylic oxidation sites excluding steroid dienone is 3. The van der Waals surface area contributed by atoms with Crippen molar-refractivity contribution in [2.24, 2.45) is 0 Å². The summed E-state index contributed by atoms with van der Waals surface area (Å²) in [4.78, 5) is 42.7. The summed E-state index contributed by atoms with van der Waals surface area (Å²) in [5.74, 6) is -0.945. The quantitative estimate of drug-likeness (QED) is 0.566. The molecule has 0 radical (unpaired) electrons. The number of fused-ring (bicyclic) bond motifs is 4. The molecule has 0 aromatic carbocycles. The molecular weight excluding hydrogens is 496 g/mol. The largest absolute Gasteiger partial charge is 0.381 e. The molecule has 5 atom stereocenters. The molecule has 2 aliphatic rings. The van der Waals surface area contributed by atoms with Gasteiger partial charge in [0.05, 0.1) is 18.2 Å². The number of thioether (sulfide) groups is 1. The zero-order valence-electron chi connectivity index (χ0n) is 19.4. The van der Waals surface area contributed by atoms with Crippen LogP contribution in [0.3, 0.4) is 0 Å². The summed E-state index contributed by atoms with van der Waals surface area (Å²) < 4.78 is 13.6. The van der Waals surface area contributed by atoms with Crippen LogP contribution in [0.1, 0.15) is 56.8 Å². The average molecular weight is 525 g/mol. The molecule has 1 aromatic rings. The van der Waals surface area contributed by atoms with Gasteiger partial charge in [0.1, 0.15) is 32.4 Å². The van der Waals surface area contributed by atoms with Crippen molar-refractivity contribution >= 4 is 57.0 Å². The molecule has 1 aromatic heterocycles. The Kier molecular flexibility index (Phi) is 8.14. The van der Waals surface area contributed by atoms with Crippen LogP contribution >= 0.6 is 23.1 Å². The lowest BCUT2D eigenvalue weighted by Crippen LogP contribution is -2.58. The summed E-state index contributed by atoms with van der Waals surface area (Å²) in [6.45, 7) is 4.73. The van der Waals surface area contributed by atoms with Gasteiger partial charge in [-0.15, -0.1) is 11.3 Å². The van der Waals surface area contributed by atoms with E-state index in [0.29, 0.717) is 16.3 Å². The zero-order valence-corrected chi connectivity index (χ0v) is 21.8. The van der Waals surface area contributed by atoms with Crippen molar-refractivity contribution < 1.29 is 28.8 Å². The summed E-state index contributed by atoms with van der Waals surface area (Å²) >= 11 is 2.11. The van der Waals surface area contributed by atoms with Crippen molar-refractivity contribution in [2.45, 2.75) is 62.5 Å². The highest BCUT2D eigenvalue weighted by atomic mass is 32.2. The van der Waals surface area contributed by atoms with Crippen LogP contribution in [0, 0.1) is 0 Å². The lowest BCUT2D eigenvalue weighted by atomic mass is 9.81. The molecular formula is C23H28N2O6S3. The minimum absolute atomic E-state index is 0.0393. The fraction of sp³-hybridized carbons (Fsp3) is 0.478. The Morgan fingerprint density at radius 3 is 2.71 bits per heavy atom. The predicted octanol–water partition coefficient (Wildman–Crippen LogP) is 2.72. The first-order valence-electron chi connectivity index (χ1n) is 10.7. The monoisotopic (exact) mass is 524 g/mol. The third-order valence-electron chi connectivity index (χ3n) is 6.21. The number of aromatic nitrogens is 1. The molecule has 3 rings (SSSR count). The fourth-order valence-corrected chi connectivity index (χ4v) is 7.60. The van der Waals surface area contributed by atoms with E-state index in [-0.39, 0.29) is 19.3 Å². The van der Waals surface area contributed by atoms with Crippen LogP contribution in [0.2, 0.25) is 0 Å². The van der Waals surface area contributed by atoms with E-state index >= 15 is 0 Å². The minimum Gasteiger partial charge on any atom is -0.381 e. The molecule has 1 saturated heterocycles. The summed E-state index contributed by atoms with van der Waals surface area (Å²) in [5.41, 5.74) is -0.850. The van der Waals surface area contributed by atoms with Crippen LogP contribution in [0.4, 0.5) is 0 Å². The Labute approximate surface area is 209 Å². The number of nitrogens with zero attached hydrogens (tertiary/aromatic N) is 2. The molecule has 1 fully saturated rings. The van der Waals surface area contributed by atoms with Crippen LogP contribution in [0.25, 0.3) is 6.08 Å². The van der Waals surface area contributed by atoms with Gasteiger partial charge in [-0.3, -0.25) is 18.7 Å². The molecule has 11 heteroatoms. The molecule has 0 spiro atoms. The highest BCUT2D eigenvalue weighted by Gasteiger charge is 2.63. The third kappa shape index (κ3) is 4.90. The first kappa shape index (κ1) is 26.7. The Balaban J connectivity index is 2.13. The van der Waals surface area contributed by atoms with E-state index in [1.54, 1.807) is 31.4 Å². The van der Waals surface area contributed by atoms with Crippen LogP contribution in [0.15, 0.2) is 35.3 Å². The van der Waals surface area contributed by atoms with Crippen molar-refractivity contribution in [3.8, 4) is 0 Å². The standard InChI is InChI=1S/C23H28N2O6S3/c1-14-9-10-23(22(3,30)21(29)32-4)12-19(28)25(34(23)31)15(2)20-24-16(13-33-20)7-5-6-8-17(26)18(27)11-14/h5-8,11,13,15,18,27,30H,9-10,12H2,1-4H3/b7-5-,8-6+,14-11+/t15-,18-,22+,23-,34+/m1/s1. The third-order valence-corrected chi connectivity index (χ3v) is 10.3. The van der Waals surface area contributed by atoms with Crippen LogP contribution in [-0.4, -0.2) is 63.2 Å². The van der Waals surface area contributed by atoms with E-state index in [1.807, 2.05) is 0 Å². The minimum atomic E-state index is -2.06. The molecule has 1 amide bonds. The number of rotatable bonds is 2. The van der Waals surface area contributed by atoms with Crippen molar-refractivity contribution in [1.82, 2.24) is 9.29 Å². The number of aliphatic hydroxyl groups is 2. The number of amides is 1. The van der Waals surface area contributed by atoms with Crippen molar-refractivity contribution in [3.05, 3.63) is 46.0 Å². The highest BCUT2D eigenvalue weighted by Crippen LogP contribution is 2.48. The number of carbonyl (C=O) groups is 3. The van der Waals surface area contributed by atoms with Gasteiger partial charge in [0.15, 0.2) is 5.78 Å². The lowest BCUT2D eigenvalue weighted by molar-refractivity contribution is -0.132. The number of ketones is 1. The van der Waals surface area contributed by atoms with E-state index in [9.17, 15) is 28.8 Å². The molecule has 2 N–H and O–H groups in total. The van der Waals surface area contributed by atoms with Crippen molar-refractivity contribution in [1.29, 1.82) is 0 Å². The Hall–Kier alpha value is -1.92. The van der Waals surface area contributed by atoms with E-state index in [0.717, 1.165) is 11.8 Å². The van der Waals surface area contributed by atoms with Gasteiger partial charge in [-0.2, -0.15) is 0 Å². The topological polar surface area (TPSA) is 125 Å². The van der Waals surface area contributed by atoms with Gasteiger partial charge in [0.25, 0.3) is 0 Å².